The maximum atomic E-state index is 8.82. The molecule has 2 aromatic rings. The topological polar surface area (TPSA) is 37.2 Å². The second-order valence-corrected chi connectivity index (χ2v) is 5.68. The van der Waals surface area contributed by atoms with E-state index in [4.69, 9.17) is 5.11 Å². The molecule has 3 nitrogen and oxygen atoms in total. The van der Waals surface area contributed by atoms with Crippen LogP contribution in [0.2, 0.25) is 0 Å². The summed E-state index contributed by atoms with van der Waals surface area (Å²) in [5.41, 5.74) is 2.74. The maximum Gasteiger partial charge on any atom is 0.0483 e. The summed E-state index contributed by atoms with van der Waals surface area (Å²) in [6.45, 7) is 5.61. The molecule has 3 heteroatoms. The number of unbranched alkanes of at least 4 members (excludes halogenated alkanes) is 3. The Morgan fingerprint density at radius 2 is 1.90 bits per heavy atom. The molecular weight excluding hydrogens is 260 g/mol. The van der Waals surface area contributed by atoms with Crippen molar-refractivity contribution in [1.29, 1.82) is 0 Å². The first-order valence-electron chi connectivity index (χ1n) is 8.25. The highest BCUT2D eigenvalue weighted by molar-refractivity contribution is 5.83. The van der Waals surface area contributed by atoms with Gasteiger partial charge >= 0.3 is 0 Å². The van der Waals surface area contributed by atoms with E-state index in [1.165, 1.54) is 35.7 Å². The number of aryl methyl sites for hydroxylation is 1. The Balaban J connectivity index is 2.01. The van der Waals surface area contributed by atoms with Crippen molar-refractivity contribution in [2.75, 3.05) is 13.2 Å². The first-order chi connectivity index (χ1) is 10.4. The largest absolute Gasteiger partial charge is 0.396 e. The van der Waals surface area contributed by atoms with Crippen LogP contribution in [0.1, 0.15) is 44.6 Å². The molecule has 0 aliphatic heterocycles. The highest BCUT2D eigenvalue weighted by Crippen LogP contribution is 2.22. The van der Waals surface area contributed by atoms with Crippen LogP contribution >= 0.6 is 0 Å². The average molecular weight is 288 g/mol. The summed E-state index contributed by atoms with van der Waals surface area (Å²) in [6, 6.07) is 8.68. The number of aliphatic hydroxyl groups excluding tert-OH is 1. The summed E-state index contributed by atoms with van der Waals surface area (Å²) in [5, 5.41) is 13.7. The number of aliphatic hydroxyl groups is 1. The van der Waals surface area contributed by atoms with Gasteiger partial charge in [-0.05, 0) is 37.4 Å². The van der Waals surface area contributed by atoms with Gasteiger partial charge in [0, 0.05) is 36.8 Å². The number of fused-ring (bicyclic) bond motifs is 1. The highest BCUT2D eigenvalue weighted by atomic mass is 16.2. The van der Waals surface area contributed by atoms with Gasteiger partial charge in [0.05, 0.1) is 0 Å². The van der Waals surface area contributed by atoms with E-state index in [2.05, 4.69) is 47.3 Å². The molecule has 1 heterocycles. The molecule has 0 saturated carbocycles. The number of nitrogens with one attached hydrogen (secondary N) is 1. The molecule has 1 aromatic carbocycles. The van der Waals surface area contributed by atoms with Crippen LogP contribution in [0.15, 0.2) is 30.5 Å². The van der Waals surface area contributed by atoms with Gasteiger partial charge in [-0.1, -0.05) is 38.0 Å². The lowest BCUT2D eigenvalue weighted by atomic mass is 10.2. The Labute approximate surface area is 128 Å². The number of benzene rings is 1. The Bertz CT molecular complexity index is 533. The van der Waals surface area contributed by atoms with Crippen molar-refractivity contribution in [1.82, 2.24) is 9.88 Å². The molecule has 2 rings (SSSR count). The molecule has 0 spiro atoms. The van der Waals surface area contributed by atoms with Crippen molar-refractivity contribution in [3.63, 3.8) is 0 Å². The summed E-state index contributed by atoms with van der Waals surface area (Å²) < 4.78 is 2.39. The smallest absolute Gasteiger partial charge is 0.0483 e. The first kappa shape index (κ1) is 16.1. The van der Waals surface area contributed by atoms with E-state index >= 15 is 0 Å². The van der Waals surface area contributed by atoms with Crippen LogP contribution in [-0.4, -0.2) is 22.8 Å². The normalized spacial score (nSPS) is 11.3. The van der Waals surface area contributed by atoms with E-state index in [1.54, 1.807) is 0 Å². The van der Waals surface area contributed by atoms with Gasteiger partial charge in [-0.3, -0.25) is 0 Å². The first-order valence-corrected chi connectivity index (χ1v) is 8.25. The van der Waals surface area contributed by atoms with Crippen molar-refractivity contribution in [3.05, 3.63) is 36.0 Å². The zero-order valence-corrected chi connectivity index (χ0v) is 13.1. The minimum absolute atomic E-state index is 0.319. The van der Waals surface area contributed by atoms with Crippen molar-refractivity contribution >= 4 is 10.9 Å². The van der Waals surface area contributed by atoms with Crippen molar-refractivity contribution in [2.24, 2.45) is 0 Å². The van der Waals surface area contributed by atoms with Gasteiger partial charge in [0.1, 0.15) is 0 Å². The number of hydrogen-bond acceptors (Lipinski definition) is 2. The molecule has 0 bridgehead atoms. The third kappa shape index (κ3) is 4.58. The second-order valence-electron chi connectivity index (χ2n) is 5.68. The van der Waals surface area contributed by atoms with Gasteiger partial charge in [0.25, 0.3) is 0 Å². The predicted octanol–water partition coefficient (Wildman–Crippen LogP) is 3.69. The molecule has 0 aliphatic rings. The summed E-state index contributed by atoms with van der Waals surface area (Å²) in [7, 11) is 0. The Morgan fingerprint density at radius 1 is 1.10 bits per heavy atom. The number of nitrogens with zero attached hydrogens (tertiary/aromatic N) is 1. The molecule has 0 unspecified atom stereocenters. The fourth-order valence-corrected chi connectivity index (χ4v) is 2.80. The van der Waals surface area contributed by atoms with Crippen LogP contribution in [0.5, 0.6) is 0 Å². The summed E-state index contributed by atoms with van der Waals surface area (Å²) in [5.74, 6) is 0. The molecule has 0 atom stereocenters. The fourth-order valence-electron chi connectivity index (χ4n) is 2.80. The zero-order chi connectivity index (χ0) is 14.9. The quantitative estimate of drug-likeness (QED) is 0.654. The van der Waals surface area contributed by atoms with Gasteiger partial charge < -0.3 is 15.0 Å². The lowest BCUT2D eigenvalue weighted by Gasteiger charge is -2.04. The lowest BCUT2D eigenvalue weighted by Crippen LogP contribution is -2.13. The predicted molar refractivity (Wildman–Crippen MR) is 89.5 cm³/mol. The van der Waals surface area contributed by atoms with E-state index in [-0.39, 0.29) is 0 Å². The average Bonchev–Trinajstić information content (AvgIpc) is 2.86. The second kappa shape index (κ2) is 8.85. The van der Waals surface area contributed by atoms with E-state index < -0.39 is 0 Å². The SMILES string of the molecule is CCCNCc1cn(CCCCCCO)c2ccccc12. The minimum Gasteiger partial charge on any atom is -0.396 e. The van der Waals surface area contributed by atoms with Gasteiger partial charge in [0.15, 0.2) is 0 Å². The number of hydrogen-bond donors (Lipinski definition) is 2. The Kier molecular flexibility index (Phi) is 6.77. The molecule has 0 saturated heterocycles. The molecule has 0 amide bonds. The molecule has 116 valence electrons. The van der Waals surface area contributed by atoms with Gasteiger partial charge in [0.2, 0.25) is 0 Å². The molecule has 1 aromatic heterocycles. The highest BCUT2D eigenvalue weighted by Gasteiger charge is 2.07. The van der Waals surface area contributed by atoms with Gasteiger partial charge in [-0.2, -0.15) is 0 Å². The standard InChI is InChI=1S/C18H28N2O/c1-2-11-19-14-16-15-20(12-7-3-4-8-13-21)18-10-6-5-9-17(16)18/h5-6,9-10,15,19,21H,2-4,7-8,11-14H2,1H3. The monoisotopic (exact) mass is 288 g/mol. The van der Waals surface area contributed by atoms with Gasteiger partial charge in [-0.15, -0.1) is 0 Å². The van der Waals surface area contributed by atoms with Crippen LogP contribution in [0.4, 0.5) is 0 Å². The lowest BCUT2D eigenvalue weighted by molar-refractivity contribution is 0.282. The molecule has 21 heavy (non-hydrogen) atoms. The summed E-state index contributed by atoms with van der Waals surface area (Å²) >= 11 is 0. The maximum absolute atomic E-state index is 8.82. The van der Waals surface area contributed by atoms with E-state index in [0.717, 1.165) is 32.5 Å². The van der Waals surface area contributed by atoms with Crippen LogP contribution < -0.4 is 5.32 Å². The van der Waals surface area contributed by atoms with E-state index in [0.29, 0.717) is 6.61 Å². The Hall–Kier alpha value is -1.32. The fraction of sp³-hybridized carbons (Fsp3) is 0.556. The van der Waals surface area contributed by atoms with E-state index in [1.807, 2.05) is 0 Å². The zero-order valence-electron chi connectivity index (χ0n) is 13.1. The Morgan fingerprint density at radius 3 is 2.71 bits per heavy atom. The molecule has 0 fully saturated rings. The van der Waals surface area contributed by atoms with E-state index in [9.17, 15) is 0 Å². The van der Waals surface area contributed by atoms with Crippen LogP contribution in [0.3, 0.4) is 0 Å². The molecule has 0 radical (unpaired) electrons. The third-order valence-electron chi connectivity index (χ3n) is 3.92. The summed E-state index contributed by atoms with van der Waals surface area (Å²) in [6.07, 6.45) is 7.90. The van der Waals surface area contributed by atoms with Gasteiger partial charge in [-0.25, -0.2) is 0 Å². The third-order valence-corrected chi connectivity index (χ3v) is 3.92. The molecule has 0 aliphatic carbocycles. The van der Waals surface area contributed by atoms with Crippen LogP contribution in [0.25, 0.3) is 10.9 Å². The van der Waals surface area contributed by atoms with Crippen molar-refractivity contribution < 1.29 is 5.11 Å². The van der Waals surface area contributed by atoms with Crippen LogP contribution in [0, 0.1) is 0 Å². The van der Waals surface area contributed by atoms with Crippen LogP contribution in [-0.2, 0) is 13.1 Å². The van der Waals surface area contributed by atoms with Crippen molar-refractivity contribution in [3.8, 4) is 0 Å². The number of para-hydroxylation sites is 1. The summed E-state index contributed by atoms with van der Waals surface area (Å²) in [4.78, 5) is 0. The van der Waals surface area contributed by atoms with Crippen molar-refractivity contribution in [2.45, 2.75) is 52.1 Å². The number of rotatable bonds is 10. The minimum atomic E-state index is 0.319. The molecule has 2 N–H and O–H groups in total. The molecular formula is C18H28N2O. The number of aromatic nitrogens is 1.